The highest BCUT2D eigenvalue weighted by Gasteiger charge is 2.48. The zero-order valence-corrected chi connectivity index (χ0v) is 7.81. The van der Waals surface area contributed by atoms with E-state index in [4.69, 9.17) is 5.73 Å². The molecular formula is C10H13NS. The third-order valence-electron chi connectivity index (χ3n) is 3.19. The summed E-state index contributed by atoms with van der Waals surface area (Å²) in [7, 11) is 0. The molecule has 3 rings (SSSR count). The van der Waals surface area contributed by atoms with Crippen molar-refractivity contribution in [1.29, 1.82) is 0 Å². The fourth-order valence-corrected chi connectivity index (χ4v) is 2.97. The van der Waals surface area contributed by atoms with Crippen LogP contribution in [-0.2, 0) is 0 Å². The first-order chi connectivity index (χ1) is 5.86. The van der Waals surface area contributed by atoms with E-state index in [2.05, 4.69) is 11.4 Å². The molecule has 1 aromatic heterocycles. The SMILES string of the molecule is Nc1sccc1C1CC1C1CC1. The highest BCUT2D eigenvalue weighted by Crippen LogP contribution is 2.60. The maximum atomic E-state index is 5.88. The van der Waals surface area contributed by atoms with E-state index in [-0.39, 0.29) is 0 Å². The van der Waals surface area contributed by atoms with Crippen molar-refractivity contribution in [3.05, 3.63) is 17.0 Å². The fraction of sp³-hybridized carbons (Fsp3) is 0.600. The molecule has 1 aromatic rings. The van der Waals surface area contributed by atoms with Crippen LogP contribution in [0.2, 0.25) is 0 Å². The van der Waals surface area contributed by atoms with Crippen molar-refractivity contribution >= 4 is 16.3 Å². The van der Waals surface area contributed by atoms with E-state index in [1.807, 2.05) is 0 Å². The van der Waals surface area contributed by atoms with Crippen molar-refractivity contribution in [1.82, 2.24) is 0 Å². The average Bonchev–Trinajstić information content (AvgIpc) is 2.93. The Morgan fingerprint density at radius 3 is 2.83 bits per heavy atom. The van der Waals surface area contributed by atoms with E-state index < -0.39 is 0 Å². The standard InChI is InChI=1S/C10H13NS/c11-10-7(3-4-12-10)9-5-8(9)6-1-2-6/h3-4,6,8-9H,1-2,5,11H2. The Morgan fingerprint density at radius 1 is 1.42 bits per heavy atom. The Labute approximate surface area is 76.6 Å². The van der Waals surface area contributed by atoms with Gasteiger partial charge in [0, 0.05) is 0 Å². The van der Waals surface area contributed by atoms with Crippen molar-refractivity contribution in [2.75, 3.05) is 5.73 Å². The number of hydrogen-bond acceptors (Lipinski definition) is 2. The van der Waals surface area contributed by atoms with E-state index in [1.54, 1.807) is 11.3 Å². The molecule has 0 aromatic carbocycles. The van der Waals surface area contributed by atoms with Gasteiger partial charge in [0.15, 0.2) is 0 Å². The summed E-state index contributed by atoms with van der Waals surface area (Å²) in [6.45, 7) is 0. The first kappa shape index (κ1) is 6.96. The summed E-state index contributed by atoms with van der Waals surface area (Å²) in [5.74, 6) is 2.90. The Balaban J connectivity index is 1.79. The summed E-state index contributed by atoms with van der Waals surface area (Å²) < 4.78 is 0. The van der Waals surface area contributed by atoms with E-state index in [0.717, 1.165) is 22.8 Å². The van der Waals surface area contributed by atoms with Crippen molar-refractivity contribution in [2.45, 2.75) is 25.2 Å². The molecule has 2 atom stereocenters. The molecular weight excluding hydrogens is 166 g/mol. The summed E-state index contributed by atoms with van der Waals surface area (Å²) in [6.07, 6.45) is 4.36. The van der Waals surface area contributed by atoms with Gasteiger partial charge in [0.05, 0.1) is 5.00 Å². The third-order valence-corrected chi connectivity index (χ3v) is 3.96. The van der Waals surface area contributed by atoms with Crippen LogP contribution in [0.25, 0.3) is 0 Å². The second-order valence-corrected chi connectivity index (χ2v) is 5.03. The number of anilines is 1. The summed E-state index contributed by atoms with van der Waals surface area (Å²) in [5.41, 5.74) is 7.32. The minimum atomic E-state index is 0.837. The highest BCUT2D eigenvalue weighted by atomic mass is 32.1. The molecule has 0 aliphatic heterocycles. The molecule has 0 spiro atoms. The van der Waals surface area contributed by atoms with Gasteiger partial charge >= 0.3 is 0 Å². The van der Waals surface area contributed by atoms with Crippen molar-refractivity contribution in [3.8, 4) is 0 Å². The van der Waals surface area contributed by atoms with E-state index in [0.29, 0.717) is 0 Å². The second kappa shape index (κ2) is 2.25. The first-order valence-electron chi connectivity index (χ1n) is 4.69. The molecule has 64 valence electrons. The molecule has 2 fully saturated rings. The van der Waals surface area contributed by atoms with Crippen LogP contribution in [0.4, 0.5) is 5.00 Å². The lowest BCUT2D eigenvalue weighted by Crippen LogP contribution is -1.88. The molecule has 1 heterocycles. The third kappa shape index (κ3) is 0.977. The van der Waals surface area contributed by atoms with Crippen molar-refractivity contribution < 1.29 is 0 Å². The fourth-order valence-electron chi connectivity index (χ4n) is 2.25. The monoisotopic (exact) mass is 179 g/mol. The molecule has 2 aliphatic rings. The van der Waals surface area contributed by atoms with Crippen LogP contribution in [0.5, 0.6) is 0 Å². The van der Waals surface area contributed by atoms with E-state index in [1.165, 1.54) is 24.8 Å². The van der Waals surface area contributed by atoms with Crippen LogP contribution in [0.1, 0.15) is 30.7 Å². The highest BCUT2D eigenvalue weighted by molar-refractivity contribution is 7.14. The Kier molecular flexibility index (Phi) is 1.31. The quantitative estimate of drug-likeness (QED) is 0.742. The van der Waals surface area contributed by atoms with Crippen LogP contribution >= 0.6 is 11.3 Å². The maximum absolute atomic E-state index is 5.88. The second-order valence-electron chi connectivity index (χ2n) is 4.08. The zero-order chi connectivity index (χ0) is 8.13. The molecule has 1 nitrogen and oxygen atoms in total. The van der Waals surface area contributed by atoms with Gasteiger partial charge in [-0.25, -0.2) is 0 Å². The minimum absolute atomic E-state index is 0.837. The molecule has 2 saturated carbocycles. The molecule has 0 saturated heterocycles. The molecule has 2 unspecified atom stereocenters. The van der Waals surface area contributed by atoms with Crippen LogP contribution < -0.4 is 5.73 Å². The normalized spacial score (nSPS) is 33.7. The van der Waals surface area contributed by atoms with Gasteiger partial charge in [-0.2, -0.15) is 0 Å². The Bertz CT molecular complexity index is 301. The minimum Gasteiger partial charge on any atom is -0.390 e. The van der Waals surface area contributed by atoms with Gasteiger partial charge in [0.1, 0.15) is 0 Å². The van der Waals surface area contributed by atoms with Gasteiger partial charge in [-0.3, -0.25) is 0 Å². The summed E-state index contributed by atoms with van der Waals surface area (Å²) in [6, 6.07) is 2.22. The Morgan fingerprint density at radius 2 is 2.25 bits per heavy atom. The number of nitrogens with two attached hydrogens (primary N) is 1. The molecule has 2 N–H and O–H groups in total. The summed E-state index contributed by atoms with van der Waals surface area (Å²) >= 11 is 1.68. The van der Waals surface area contributed by atoms with Gasteiger partial charge in [-0.15, -0.1) is 11.3 Å². The lowest BCUT2D eigenvalue weighted by atomic mass is 10.1. The lowest BCUT2D eigenvalue weighted by molar-refractivity contribution is 0.691. The van der Waals surface area contributed by atoms with Gasteiger partial charge in [0.2, 0.25) is 0 Å². The molecule has 2 heteroatoms. The number of nitrogen functional groups attached to an aromatic ring is 1. The van der Waals surface area contributed by atoms with Crippen LogP contribution in [0, 0.1) is 11.8 Å². The maximum Gasteiger partial charge on any atom is 0.0891 e. The van der Waals surface area contributed by atoms with Gasteiger partial charge in [-0.1, -0.05) is 0 Å². The number of thiophene rings is 1. The van der Waals surface area contributed by atoms with Crippen LogP contribution in [0.3, 0.4) is 0 Å². The molecule has 0 radical (unpaired) electrons. The van der Waals surface area contributed by atoms with Crippen molar-refractivity contribution in [2.24, 2.45) is 11.8 Å². The van der Waals surface area contributed by atoms with Crippen LogP contribution in [0.15, 0.2) is 11.4 Å². The van der Waals surface area contributed by atoms with Crippen molar-refractivity contribution in [3.63, 3.8) is 0 Å². The number of rotatable bonds is 2. The zero-order valence-electron chi connectivity index (χ0n) is 6.99. The van der Waals surface area contributed by atoms with Gasteiger partial charge < -0.3 is 5.73 Å². The van der Waals surface area contributed by atoms with Gasteiger partial charge in [-0.05, 0) is 54.0 Å². The molecule has 2 aliphatic carbocycles. The lowest BCUT2D eigenvalue weighted by Gasteiger charge is -1.96. The number of hydrogen-bond donors (Lipinski definition) is 1. The van der Waals surface area contributed by atoms with Gasteiger partial charge in [0.25, 0.3) is 0 Å². The largest absolute Gasteiger partial charge is 0.390 e. The van der Waals surface area contributed by atoms with Crippen LogP contribution in [-0.4, -0.2) is 0 Å². The van der Waals surface area contributed by atoms with E-state index >= 15 is 0 Å². The topological polar surface area (TPSA) is 26.0 Å². The summed E-state index contributed by atoms with van der Waals surface area (Å²) in [4.78, 5) is 0. The Hall–Kier alpha value is -0.500. The van der Waals surface area contributed by atoms with E-state index in [9.17, 15) is 0 Å². The smallest absolute Gasteiger partial charge is 0.0891 e. The summed E-state index contributed by atoms with van der Waals surface area (Å²) in [5, 5.41) is 3.18. The average molecular weight is 179 g/mol. The predicted octanol–water partition coefficient (Wildman–Crippen LogP) is 2.84. The molecule has 12 heavy (non-hydrogen) atoms. The first-order valence-corrected chi connectivity index (χ1v) is 5.57. The molecule has 0 amide bonds. The predicted molar refractivity (Wildman–Crippen MR) is 52.3 cm³/mol. The molecule has 0 bridgehead atoms.